The highest BCUT2D eigenvalue weighted by molar-refractivity contribution is 7.93. The number of para-hydroxylation sites is 2. The van der Waals surface area contributed by atoms with Crippen molar-refractivity contribution in [3.63, 3.8) is 0 Å². The maximum absolute atomic E-state index is 13.0. The van der Waals surface area contributed by atoms with Gasteiger partial charge in [-0.25, -0.2) is 16.8 Å². The fraction of sp³-hybridized carbons (Fsp3) is 0.143. The number of nitrogen functional groups attached to an aromatic ring is 1. The summed E-state index contributed by atoms with van der Waals surface area (Å²) in [6.45, 7) is 0. The van der Waals surface area contributed by atoms with Crippen molar-refractivity contribution in [2.75, 3.05) is 10.5 Å². The van der Waals surface area contributed by atoms with Crippen molar-refractivity contribution in [1.29, 1.82) is 0 Å². The number of ether oxygens (including phenoxy) is 1. The molecule has 0 saturated heterocycles. The third-order valence-corrected chi connectivity index (χ3v) is 7.94. The van der Waals surface area contributed by atoms with Gasteiger partial charge in [-0.3, -0.25) is 4.72 Å². The molecule has 0 saturated carbocycles. The first-order chi connectivity index (χ1) is 14.2. The Hall–Kier alpha value is -3.04. The molecule has 3 N–H and O–H groups in total. The van der Waals surface area contributed by atoms with Crippen molar-refractivity contribution < 1.29 is 21.6 Å². The molecule has 1 aliphatic rings. The van der Waals surface area contributed by atoms with Crippen LogP contribution in [0.1, 0.15) is 11.1 Å². The monoisotopic (exact) mass is 444 g/mol. The van der Waals surface area contributed by atoms with E-state index in [1.54, 1.807) is 54.6 Å². The minimum atomic E-state index is -4.00. The zero-order valence-corrected chi connectivity index (χ0v) is 17.5. The van der Waals surface area contributed by atoms with Crippen LogP contribution in [0.5, 0.6) is 5.75 Å². The van der Waals surface area contributed by atoms with E-state index in [9.17, 15) is 16.8 Å². The SMILES string of the molecule is Nc1cccc(CS(=O)(=O)c2ccccc2NS(=O)(=O)C2Cc3ccccc3O2)c1. The van der Waals surface area contributed by atoms with Gasteiger partial charge in [0.15, 0.2) is 9.84 Å². The van der Waals surface area contributed by atoms with Crippen molar-refractivity contribution in [2.24, 2.45) is 0 Å². The Morgan fingerprint density at radius 3 is 2.43 bits per heavy atom. The molecule has 0 aromatic heterocycles. The number of rotatable bonds is 6. The molecule has 3 aromatic rings. The van der Waals surface area contributed by atoms with Crippen molar-refractivity contribution >= 4 is 31.2 Å². The third-order valence-electron chi connectivity index (χ3n) is 4.75. The summed E-state index contributed by atoms with van der Waals surface area (Å²) >= 11 is 0. The van der Waals surface area contributed by atoms with Gasteiger partial charge in [0.2, 0.25) is 5.44 Å². The first kappa shape index (κ1) is 20.2. The Morgan fingerprint density at radius 2 is 1.67 bits per heavy atom. The topological polar surface area (TPSA) is 116 Å². The second-order valence-electron chi connectivity index (χ2n) is 7.01. The second-order valence-corrected chi connectivity index (χ2v) is 10.8. The van der Waals surface area contributed by atoms with Crippen LogP contribution < -0.4 is 15.2 Å². The Balaban J connectivity index is 1.61. The van der Waals surface area contributed by atoms with Crippen LogP contribution in [0.25, 0.3) is 0 Å². The van der Waals surface area contributed by atoms with E-state index in [0.717, 1.165) is 5.56 Å². The minimum absolute atomic E-state index is 0.0130. The molecule has 1 aliphatic heterocycles. The normalized spacial score (nSPS) is 15.9. The lowest BCUT2D eigenvalue weighted by atomic mass is 10.2. The molecule has 1 unspecified atom stereocenters. The summed E-state index contributed by atoms with van der Waals surface area (Å²) in [5, 5.41) is 0. The number of hydrogen-bond donors (Lipinski definition) is 2. The molecule has 7 nitrogen and oxygen atoms in total. The molecule has 30 heavy (non-hydrogen) atoms. The molecule has 156 valence electrons. The molecule has 0 amide bonds. The molecule has 0 aliphatic carbocycles. The number of hydrogen-bond acceptors (Lipinski definition) is 6. The van der Waals surface area contributed by atoms with Gasteiger partial charge >= 0.3 is 0 Å². The number of nitrogens with two attached hydrogens (primary N) is 1. The summed E-state index contributed by atoms with van der Waals surface area (Å²) in [4.78, 5) is -0.105. The number of nitrogens with one attached hydrogen (secondary N) is 1. The molecule has 3 aromatic carbocycles. The zero-order chi connectivity index (χ0) is 21.4. The molecule has 1 atom stereocenters. The Kier molecular flexibility index (Phi) is 5.17. The fourth-order valence-corrected chi connectivity index (χ4v) is 6.17. The summed E-state index contributed by atoms with van der Waals surface area (Å²) in [7, 11) is -7.83. The average Bonchev–Trinajstić information content (AvgIpc) is 3.13. The maximum Gasteiger partial charge on any atom is 0.271 e. The van der Waals surface area contributed by atoms with Crippen LogP contribution >= 0.6 is 0 Å². The van der Waals surface area contributed by atoms with E-state index in [0.29, 0.717) is 17.0 Å². The van der Waals surface area contributed by atoms with Crippen molar-refractivity contribution in [2.45, 2.75) is 22.5 Å². The summed E-state index contributed by atoms with van der Waals surface area (Å²) in [6.07, 6.45) is 0.184. The fourth-order valence-electron chi connectivity index (χ4n) is 3.34. The highest BCUT2D eigenvalue weighted by Gasteiger charge is 2.35. The van der Waals surface area contributed by atoms with Crippen LogP contribution in [0.4, 0.5) is 11.4 Å². The number of anilines is 2. The van der Waals surface area contributed by atoms with Crippen LogP contribution in [-0.4, -0.2) is 22.3 Å². The Labute approximate surface area is 175 Å². The van der Waals surface area contributed by atoms with Gasteiger partial charge < -0.3 is 10.5 Å². The summed E-state index contributed by atoms with van der Waals surface area (Å²) in [5.41, 5.74) is 6.34. The predicted octanol–water partition coefficient (Wildman–Crippen LogP) is 2.95. The molecule has 9 heteroatoms. The molecule has 0 spiro atoms. The first-order valence-electron chi connectivity index (χ1n) is 9.17. The van der Waals surface area contributed by atoms with Crippen LogP contribution in [-0.2, 0) is 32.0 Å². The highest BCUT2D eigenvalue weighted by atomic mass is 32.2. The van der Waals surface area contributed by atoms with E-state index in [1.165, 1.54) is 12.1 Å². The van der Waals surface area contributed by atoms with Crippen molar-refractivity contribution in [3.05, 3.63) is 83.9 Å². The predicted molar refractivity (Wildman–Crippen MR) is 115 cm³/mol. The zero-order valence-electron chi connectivity index (χ0n) is 15.9. The van der Waals surface area contributed by atoms with Gasteiger partial charge in [0.25, 0.3) is 10.0 Å². The van der Waals surface area contributed by atoms with Gasteiger partial charge in [0.05, 0.1) is 16.3 Å². The van der Waals surface area contributed by atoms with Gasteiger partial charge in [-0.1, -0.05) is 42.5 Å². The quantitative estimate of drug-likeness (QED) is 0.565. The van der Waals surface area contributed by atoms with E-state index in [-0.39, 0.29) is 22.8 Å². The maximum atomic E-state index is 13.0. The third kappa shape index (κ3) is 4.12. The van der Waals surface area contributed by atoms with E-state index >= 15 is 0 Å². The molecule has 4 rings (SSSR count). The Bertz CT molecular complexity index is 1280. The molecule has 0 radical (unpaired) electrons. The number of sulfone groups is 1. The van der Waals surface area contributed by atoms with Crippen molar-refractivity contribution in [1.82, 2.24) is 0 Å². The van der Waals surface area contributed by atoms with E-state index < -0.39 is 25.3 Å². The van der Waals surface area contributed by atoms with Gasteiger partial charge in [0, 0.05) is 12.1 Å². The average molecular weight is 445 g/mol. The van der Waals surface area contributed by atoms with Gasteiger partial charge in [-0.2, -0.15) is 0 Å². The summed E-state index contributed by atoms with van der Waals surface area (Å²) in [5.74, 6) is 0.206. The molecule has 1 heterocycles. The van der Waals surface area contributed by atoms with E-state index in [2.05, 4.69) is 4.72 Å². The smallest absolute Gasteiger partial charge is 0.271 e. The van der Waals surface area contributed by atoms with Gasteiger partial charge in [-0.05, 0) is 41.5 Å². The summed E-state index contributed by atoms with van der Waals surface area (Å²) in [6, 6.07) is 19.6. The first-order valence-corrected chi connectivity index (χ1v) is 12.4. The number of sulfonamides is 1. The highest BCUT2D eigenvalue weighted by Crippen LogP contribution is 2.32. The molecule has 0 bridgehead atoms. The molecular formula is C21H20N2O5S2. The van der Waals surface area contributed by atoms with Gasteiger partial charge in [-0.15, -0.1) is 0 Å². The largest absolute Gasteiger partial charge is 0.472 e. The Morgan fingerprint density at radius 1 is 0.933 bits per heavy atom. The second kappa shape index (κ2) is 7.66. The van der Waals surface area contributed by atoms with E-state index in [1.807, 2.05) is 6.07 Å². The molecule has 0 fully saturated rings. The lowest BCUT2D eigenvalue weighted by molar-refractivity contribution is 0.307. The standard InChI is InChI=1S/C21H20N2O5S2/c22-17-8-5-6-15(12-17)14-29(24,25)20-11-4-2-9-18(20)23-30(26,27)21-13-16-7-1-3-10-19(16)28-21/h1-12,21,23H,13-14,22H2. The van der Waals surface area contributed by atoms with Crippen LogP contribution in [0.3, 0.4) is 0 Å². The van der Waals surface area contributed by atoms with Gasteiger partial charge in [0.1, 0.15) is 5.75 Å². The summed E-state index contributed by atoms with van der Waals surface area (Å²) < 4.78 is 59.8. The van der Waals surface area contributed by atoms with Crippen LogP contribution in [0, 0.1) is 0 Å². The van der Waals surface area contributed by atoms with Crippen molar-refractivity contribution in [3.8, 4) is 5.75 Å². The van der Waals surface area contributed by atoms with E-state index in [4.69, 9.17) is 10.5 Å². The van der Waals surface area contributed by atoms with Crippen LogP contribution in [0.15, 0.2) is 77.7 Å². The number of fused-ring (bicyclic) bond motifs is 1. The number of benzene rings is 3. The lowest BCUT2D eigenvalue weighted by Gasteiger charge is -2.16. The minimum Gasteiger partial charge on any atom is -0.472 e. The van der Waals surface area contributed by atoms with Crippen LogP contribution in [0.2, 0.25) is 0 Å². The molecular weight excluding hydrogens is 424 g/mol. The lowest BCUT2D eigenvalue weighted by Crippen LogP contribution is -2.31.